The molecule has 4 nitrogen and oxygen atoms in total. The van der Waals surface area contributed by atoms with E-state index in [1.807, 2.05) is 54.7 Å². The van der Waals surface area contributed by atoms with Crippen LogP contribution in [0.4, 0.5) is 0 Å². The van der Waals surface area contributed by atoms with Crippen LogP contribution in [-0.4, -0.2) is 9.55 Å². The number of aromatic nitrogens is 2. The smallest absolute Gasteiger partial charge is 0.194 e. The predicted molar refractivity (Wildman–Crippen MR) is 156 cm³/mol. The second kappa shape index (κ2) is 8.61. The van der Waals surface area contributed by atoms with Crippen LogP contribution in [-0.2, 0) is 0 Å². The molecule has 1 aliphatic rings. The molecule has 0 spiro atoms. The highest BCUT2D eigenvalue weighted by Crippen LogP contribution is 2.50. The summed E-state index contributed by atoms with van der Waals surface area (Å²) in [4.78, 5) is 4.59. The number of fused-ring (bicyclic) bond motifs is 6. The Morgan fingerprint density at radius 2 is 1.26 bits per heavy atom. The molecule has 8 rings (SSSR count). The van der Waals surface area contributed by atoms with Gasteiger partial charge in [0.05, 0.1) is 11.2 Å². The molecule has 0 bridgehead atoms. The van der Waals surface area contributed by atoms with E-state index in [1.165, 1.54) is 5.39 Å². The first kappa shape index (κ1) is 21.7. The van der Waals surface area contributed by atoms with Gasteiger partial charge in [-0.15, -0.1) is 0 Å². The molecule has 39 heavy (non-hydrogen) atoms. The summed E-state index contributed by atoms with van der Waals surface area (Å²) in [5, 5.41) is 2.29. The first-order valence-electron chi connectivity index (χ1n) is 13.0. The standard InChI is InChI=1S/C35H22N2O2/c1-2-8-24(9-3-1)29-22-25(20-21-36-29)23-14-16-26(17-15-23)37-30-11-5-4-10-27(30)28-18-19-33-35(34(28)37)39-32-13-7-6-12-31(32)38-33/h1-22H. The van der Waals surface area contributed by atoms with Crippen molar-refractivity contribution in [1.82, 2.24) is 9.55 Å². The Bertz CT molecular complexity index is 2010. The zero-order valence-corrected chi connectivity index (χ0v) is 20.9. The second-order valence-electron chi connectivity index (χ2n) is 9.64. The summed E-state index contributed by atoms with van der Waals surface area (Å²) in [5.74, 6) is 2.89. The summed E-state index contributed by atoms with van der Waals surface area (Å²) in [7, 11) is 0. The minimum absolute atomic E-state index is 0.715. The van der Waals surface area contributed by atoms with Crippen molar-refractivity contribution in [3.05, 3.63) is 134 Å². The molecule has 0 saturated carbocycles. The number of hydrogen-bond donors (Lipinski definition) is 0. The molecule has 184 valence electrons. The molecule has 0 N–H and O–H groups in total. The van der Waals surface area contributed by atoms with Crippen LogP contribution in [0.5, 0.6) is 23.0 Å². The van der Waals surface area contributed by atoms with E-state index in [2.05, 4.69) is 88.4 Å². The zero-order valence-electron chi connectivity index (χ0n) is 20.9. The Morgan fingerprint density at radius 1 is 0.513 bits per heavy atom. The van der Waals surface area contributed by atoms with Crippen LogP contribution in [0.25, 0.3) is 49.9 Å². The molecule has 0 saturated heterocycles. The topological polar surface area (TPSA) is 36.3 Å². The van der Waals surface area contributed by atoms with Gasteiger partial charge in [0.15, 0.2) is 23.0 Å². The summed E-state index contributed by atoms with van der Waals surface area (Å²) < 4.78 is 15.0. The minimum atomic E-state index is 0.715. The van der Waals surface area contributed by atoms with Gasteiger partial charge in [0.1, 0.15) is 5.52 Å². The van der Waals surface area contributed by atoms with E-state index in [-0.39, 0.29) is 0 Å². The van der Waals surface area contributed by atoms with Crippen molar-refractivity contribution in [2.45, 2.75) is 0 Å². The Balaban J connectivity index is 1.27. The molecule has 3 heterocycles. The van der Waals surface area contributed by atoms with Crippen molar-refractivity contribution >= 4 is 21.8 Å². The van der Waals surface area contributed by atoms with E-state index >= 15 is 0 Å². The van der Waals surface area contributed by atoms with Crippen molar-refractivity contribution in [2.24, 2.45) is 0 Å². The second-order valence-corrected chi connectivity index (χ2v) is 9.64. The highest BCUT2D eigenvalue weighted by atomic mass is 16.6. The normalized spacial score (nSPS) is 12.0. The molecule has 2 aromatic heterocycles. The number of para-hydroxylation sites is 3. The van der Waals surface area contributed by atoms with Crippen molar-refractivity contribution in [2.75, 3.05) is 0 Å². The van der Waals surface area contributed by atoms with Gasteiger partial charge in [0.25, 0.3) is 0 Å². The monoisotopic (exact) mass is 502 g/mol. The Labute approximate surface area is 225 Å². The van der Waals surface area contributed by atoms with E-state index in [0.717, 1.165) is 61.7 Å². The van der Waals surface area contributed by atoms with E-state index < -0.39 is 0 Å². The molecule has 0 fully saturated rings. The number of benzene rings is 5. The van der Waals surface area contributed by atoms with Gasteiger partial charge >= 0.3 is 0 Å². The van der Waals surface area contributed by atoms with E-state index in [9.17, 15) is 0 Å². The number of pyridine rings is 1. The van der Waals surface area contributed by atoms with E-state index in [4.69, 9.17) is 9.47 Å². The van der Waals surface area contributed by atoms with Gasteiger partial charge in [-0.2, -0.15) is 0 Å². The van der Waals surface area contributed by atoms with Crippen molar-refractivity contribution in [1.29, 1.82) is 0 Å². The summed E-state index contributed by atoms with van der Waals surface area (Å²) in [6.45, 7) is 0. The van der Waals surface area contributed by atoms with Gasteiger partial charge in [-0.05, 0) is 65.7 Å². The molecular weight excluding hydrogens is 480 g/mol. The molecule has 4 heteroatoms. The van der Waals surface area contributed by atoms with Crippen LogP contribution in [0.2, 0.25) is 0 Å². The summed E-state index contributed by atoms with van der Waals surface area (Å²) in [6.07, 6.45) is 1.88. The fourth-order valence-corrected chi connectivity index (χ4v) is 5.48. The van der Waals surface area contributed by atoms with E-state index in [0.29, 0.717) is 5.75 Å². The first-order valence-corrected chi connectivity index (χ1v) is 13.0. The summed E-state index contributed by atoms with van der Waals surface area (Å²) in [5.41, 5.74) is 7.49. The molecule has 5 aromatic carbocycles. The lowest BCUT2D eigenvalue weighted by Crippen LogP contribution is -2.02. The minimum Gasteiger partial charge on any atom is -0.449 e. The Hall–Kier alpha value is -5.35. The van der Waals surface area contributed by atoms with Gasteiger partial charge in [0.2, 0.25) is 0 Å². The lowest BCUT2D eigenvalue weighted by atomic mass is 10.0. The molecule has 0 unspecified atom stereocenters. The lowest BCUT2D eigenvalue weighted by Gasteiger charge is -2.22. The third-order valence-corrected chi connectivity index (χ3v) is 7.32. The Morgan fingerprint density at radius 3 is 2.10 bits per heavy atom. The Kier molecular flexibility index (Phi) is 4.79. The zero-order chi connectivity index (χ0) is 25.8. The van der Waals surface area contributed by atoms with Crippen LogP contribution in [0, 0.1) is 0 Å². The van der Waals surface area contributed by atoms with Gasteiger partial charge < -0.3 is 14.0 Å². The predicted octanol–water partition coefficient (Wildman–Crippen LogP) is 9.41. The average Bonchev–Trinajstić information content (AvgIpc) is 3.35. The van der Waals surface area contributed by atoms with Crippen molar-refractivity contribution in [3.8, 4) is 51.1 Å². The first-order chi connectivity index (χ1) is 19.3. The van der Waals surface area contributed by atoms with Crippen molar-refractivity contribution in [3.63, 3.8) is 0 Å². The quantitative estimate of drug-likeness (QED) is 0.241. The van der Waals surface area contributed by atoms with Crippen LogP contribution >= 0.6 is 0 Å². The summed E-state index contributed by atoms with van der Waals surface area (Å²) >= 11 is 0. The van der Waals surface area contributed by atoms with E-state index in [1.54, 1.807) is 0 Å². The van der Waals surface area contributed by atoms with Gasteiger partial charge in [-0.3, -0.25) is 4.98 Å². The van der Waals surface area contributed by atoms with Gasteiger partial charge in [-0.1, -0.05) is 72.8 Å². The molecule has 0 amide bonds. The molecule has 0 radical (unpaired) electrons. The fraction of sp³-hybridized carbons (Fsp3) is 0. The van der Waals surface area contributed by atoms with Crippen LogP contribution in [0.1, 0.15) is 0 Å². The van der Waals surface area contributed by atoms with Gasteiger partial charge in [0, 0.05) is 28.2 Å². The van der Waals surface area contributed by atoms with Gasteiger partial charge in [-0.25, -0.2) is 0 Å². The SMILES string of the molecule is c1ccc(-c2cc(-c3ccc(-n4c5ccccc5c5ccc6c(c54)Oc4ccccc4O6)cc3)ccn2)cc1. The maximum atomic E-state index is 6.48. The molecule has 1 aliphatic heterocycles. The molecule has 0 aliphatic carbocycles. The number of rotatable bonds is 3. The summed E-state index contributed by atoms with van der Waals surface area (Å²) in [6, 6.07) is 43.5. The van der Waals surface area contributed by atoms with Crippen LogP contribution in [0.3, 0.4) is 0 Å². The number of hydrogen-bond acceptors (Lipinski definition) is 3. The third-order valence-electron chi connectivity index (χ3n) is 7.32. The van der Waals surface area contributed by atoms with Crippen LogP contribution < -0.4 is 9.47 Å². The average molecular weight is 503 g/mol. The molecule has 7 aromatic rings. The maximum Gasteiger partial charge on any atom is 0.194 e. The maximum absolute atomic E-state index is 6.48. The highest BCUT2D eigenvalue weighted by Gasteiger charge is 2.25. The number of ether oxygens (including phenoxy) is 2. The number of nitrogens with zero attached hydrogens (tertiary/aromatic N) is 2. The highest BCUT2D eigenvalue weighted by molar-refractivity contribution is 6.12. The van der Waals surface area contributed by atoms with Crippen LogP contribution in [0.15, 0.2) is 134 Å². The lowest BCUT2D eigenvalue weighted by molar-refractivity contribution is 0.362. The van der Waals surface area contributed by atoms with Crippen molar-refractivity contribution < 1.29 is 9.47 Å². The molecular formula is C35H22N2O2. The third kappa shape index (κ3) is 3.50. The fourth-order valence-electron chi connectivity index (χ4n) is 5.48. The molecule has 0 atom stereocenters. The largest absolute Gasteiger partial charge is 0.449 e.